The summed E-state index contributed by atoms with van der Waals surface area (Å²) >= 11 is 0. The summed E-state index contributed by atoms with van der Waals surface area (Å²) in [5, 5.41) is 11.5. The van der Waals surface area contributed by atoms with Crippen LogP contribution in [0, 0.1) is 13.8 Å². The van der Waals surface area contributed by atoms with Crippen LogP contribution in [0.5, 0.6) is 0 Å². The first kappa shape index (κ1) is 14.8. The largest absolute Gasteiger partial charge is 0.480 e. The Labute approximate surface area is 112 Å². The van der Waals surface area contributed by atoms with Crippen LogP contribution in [-0.2, 0) is 4.79 Å². The highest BCUT2D eigenvalue weighted by atomic mass is 16.4. The van der Waals surface area contributed by atoms with Crippen molar-refractivity contribution in [3.63, 3.8) is 0 Å². The molecule has 2 amide bonds. The lowest BCUT2D eigenvalue weighted by Gasteiger charge is -2.20. The lowest BCUT2D eigenvalue weighted by atomic mass is 10.1. The average Bonchev–Trinajstić information content (AvgIpc) is 2.31. The van der Waals surface area contributed by atoms with Crippen molar-refractivity contribution in [3.05, 3.63) is 42.0 Å². The number of hydrogen-bond acceptors (Lipinski definition) is 2. The molecule has 102 valence electrons. The number of aliphatic carboxylic acids is 1. The Kier molecular flexibility index (Phi) is 5.11. The number of carboxylic acid groups (broad SMARTS) is 1. The summed E-state index contributed by atoms with van der Waals surface area (Å²) in [4.78, 5) is 23.9. The number of rotatable bonds is 5. The van der Waals surface area contributed by atoms with Gasteiger partial charge in [0, 0.05) is 12.2 Å². The molecule has 19 heavy (non-hydrogen) atoms. The second kappa shape index (κ2) is 6.58. The summed E-state index contributed by atoms with van der Waals surface area (Å²) in [6, 6.07) is 5.19. The second-order valence-corrected chi connectivity index (χ2v) is 4.31. The highest BCUT2D eigenvalue weighted by molar-refractivity contribution is 5.92. The van der Waals surface area contributed by atoms with Crippen LogP contribution in [0.25, 0.3) is 0 Å². The van der Waals surface area contributed by atoms with Gasteiger partial charge < -0.3 is 15.3 Å². The zero-order valence-electron chi connectivity index (χ0n) is 11.1. The minimum atomic E-state index is -1.06. The lowest BCUT2D eigenvalue weighted by molar-refractivity contribution is -0.137. The van der Waals surface area contributed by atoms with E-state index in [0.717, 1.165) is 11.1 Å². The number of aryl methyl sites for hydroxylation is 2. The SMILES string of the molecule is C=CCN(CC(=O)O)C(=O)Nc1ccc(C)cc1C. The predicted molar refractivity (Wildman–Crippen MR) is 74.3 cm³/mol. The van der Waals surface area contributed by atoms with E-state index in [1.165, 1.54) is 11.0 Å². The summed E-state index contributed by atoms with van der Waals surface area (Å²) in [5.41, 5.74) is 2.71. The molecule has 2 N–H and O–H groups in total. The number of carbonyl (C=O) groups excluding carboxylic acids is 1. The molecule has 0 atom stereocenters. The molecule has 0 aliphatic carbocycles. The number of amides is 2. The monoisotopic (exact) mass is 262 g/mol. The van der Waals surface area contributed by atoms with Gasteiger partial charge in [0.05, 0.1) is 0 Å². The number of anilines is 1. The molecule has 0 heterocycles. The highest BCUT2D eigenvalue weighted by Crippen LogP contribution is 2.16. The van der Waals surface area contributed by atoms with E-state index >= 15 is 0 Å². The van der Waals surface area contributed by atoms with Gasteiger partial charge in [-0.15, -0.1) is 6.58 Å². The summed E-state index contributed by atoms with van der Waals surface area (Å²) in [7, 11) is 0. The van der Waals surface area contributed by atoms with Crippen molar-refractivity contribution in [3.8, 4) is 0 Å². The van der Waals surface area contributed by atoms with Crippen LogP contribution in [0.2, 0.25) is 0 Å². The van der Waals surface area contributed by atoms with Gasteiger partial charge in [0.2, 0.25) is 0 Å². The smallest absolute Gasteiger partial charge is 0.323 e. The fraction of sp³-hybridized carbons (Fsp3) is 0.286. The van der Waals surface area contributed by atoms with Crippen molar-refractivity contribution in [2.24, 2.45) is 0 Å². The Morgan fingerprint density at radius 1 is 1.42 bits per heavy atom. The van der Waals surface area contributed by atoms with Gasteiger partial charge in [-0.3, -0.25) is 4.79 Å². The minimum absolute atomic E-state index is 0.184. The zero-order chi connectivity index (χ0) is 14.4. The molecule has 0 radical (unpaired) electrons. The van der Waals surface area contributed by atoms with Crippen LogP contribution in [0.3, 0.4) is 0 Å². The summed E-state index contributed by atoms with van der Waals surface area (Å²) in [6.07, 6.45) is 1.49. The van der Waals surface area contributed by atoms with Crippen LogP contribution >= 0.6 is 0 Å². The number of hydrogen-bond donors (Lipinski definition) is 2. The van der Waals surface area contributed by atoms with E-state index in [1.54, 1.807) is 6.07 Å². The molecule has 1 aromatic carbocycles. The van der Waals surface area contributed by atoms with Crippen molar-refractivity contribution < 1.29 is 14.7 Å². The Morgan fingerprint density at radius 2 is 2.11 bits per heavy atom. The Bertz CT molecular complexity index is 497. The van der Waals surface area contributed by atoms with Gasteiger partial charge in [0.1, 0.15) is 6.54 Å². The fourth-order valence-corrected chi connectivity index (χ4v) is 1.69. The van der Waals surface area contributed by atoms with Gasteiger partial charge in [-0.2, -0.15) is 0 Å². The Balaban J connectivity index is 2.80. The normalized spacial score (nSPS) is 9.79. The molecule has 5 heteroatoms. The fourth-order valence-electron chi connectivity index (χ4n) is 1.69. The van der Waals surface area contributed by atoms with E-state index in [9.17, 15) is 9.59 Å². The summed E-state index contributed by atoms with van der Waals surface area (Å²) < 4.78 is 0. The molecule has 5 nitrogen and oxygen atoms in total. The predicted octanol–water partition coefficient (Wildman–Crippen LogP) is 2.41. The molecule has 1 rings (SSSR count). The van der Waals surface area contributed by atoms with Crippen molar-refractivity contribution in [1.82, 2.24) is 4.90 Å². The molecule has 0 spiro atoms. The average molecular weight is 262 g/mol. The van der Waals surface area contributed by atoms with Crippen molar-refractivity contribution in [2.45, 2.75) is 13.8 Å². The number of carbonyl (C=O) groups is 2. The van der Waals surface area contributed by atoms with Gasteiger partial charge in [-0.1, -0.05) is 23.8 Å². The van der Waals surface area contributed by atoms with E-state index in [2.05, 4.69) is 11.9 Å². The number of nitrogens with one attached hydrogen (secondary N) is 1. The van der Waals surface area contributed by atoms with Crippen molar-refractivity contribution in [1.29, 1.82) is 0 Å². The molecule has 0 saturated heterocycles. The number of carboxylic acids is 1. The van der Waals surface area contributed by atoms with Crippen LogP contribution in [0.15, 0.2) is 30.9 Å². The Hall–Kier alpha value is -2.30. The first-order valence-electron chi connectivity index (χ1n) is 5.90. The van der Waals surface area contributed by atoms with Crippen LogP contribution in [-0.4, -0.2) is 35.1 Å². The second-order valence-electron chi connectivity index (χ2n) is 4.31. The van der Waals surface area contributed by atoms with Crippen molar-refractivity contribution in [2.75, 3.05) is 18.4 Å². The van der Waals surface area contributed by atoms with E-state index in [0.29, 0.717) is 5.69 Å². The van der Waals surface area contributed by atoms with Crippen LogP contribution in [0.4, 0.5) is 10.5 Å². The maximum Gasteiger partial charge on any atom is 0.323 e. The number of urea groups is 1. The van der Waals surface area contributed by atoms with E-state index in [1.807, 2.05) is 26.0 Å². The van der Waals surface area contributed by atoms with Gasteiger partial charge in [-0.05, 0) is 25.5 Å². The maximum atomic E-state index is 12.0. The molecule has 0 bridgehead atoms. The summed E-state index contributed by atoms with van der Waals surface area (Å²) in [6.45, 7) is 7.19. The first-order chi connectivity index (χ1) is 8.93. The maximum absolute atomic E-state index is 12.0. The van der Waals surface area contributed by atoms with E-state index in [-0.39, 0.29) is 13.1 Å². The van der Waals surface area contributed by atoms with Crippen LogP contribution in [0.1, 0.15) is 11.1 Å². The molecule has 0 fully saturated rings. The molecule has 0 aromatic heterocycles. The third-order valence-corrected chi connectivity index (χ3v) is 2.59. The van der Waals surface area contributed by atoms with Gasteiger partial charge in [-0.25, -0.2) is 4.79 Å². The molecule has 1 aromatic rings. The lowest BCUT2D eigenvalue weighted by Crippen LogP contribution is -2.38. The van der Waals surface area contributed by atoms with E-state index < -0.39 is 12.0 Å². The summed E-state index contributed by atoms with van der Waals surface area (Å²) in [5.74, 6) is -1.06. The molecule has 0 aliphatic heterocycles. The molecular weight excluding hydrogens is 244 g/mol. The third-order valence-electron chi connectivity index (χ3n) is 2.59. The van der Waals surface area contributed by atoms with Gasteiger partial charge in [0.15, 0.2) is 0 Å². The standard InChI is InChI=1S/C14H18N2O3/c1-4-7-16(9-13(17)18)14(19)15-12-6-5-10(2)8-11(12)3/h4-6,8H,1,7,9H2,2-3H3,(H,15,19)(H,17,18). The number of nitrogens with zero attached hydrogens (tertiary/aromatic N) is 1. The quantitative estimate of drug-likeness (QED) is 0.800. The van der Waals surface area contributed by atoms with Crippen molar-refractivity contribution >= 4 is 17.7 Å². The minimum Gasteiger partial charge on any atom is -0.480 e. The molecule has 0 aliphatic rings. The molecule has 0 unspecified atom stereocenters. The topological polar surface area (TPSA) is 69.6 Å². The Morgan fingerprint density at radius 3 is 2.63 bits per heavy atom. The van der Waals surface area contributed by atoms with Gasteiger partial charge in [0.25, 0.3) is 0 Å². The zero-order valence-corrected chi connectivity index (χ0v) is 11.1. The third kappa shape index (κ3) is 4.46. The number of benzene rings is 1. The highest BCUT2D eigenvalue weighted by Gasteiger charge is 2.16. The van der Waals surface area contributed by atoms with Crippen LogP contribution < -0.4 is 5.32 Å². The van der Waals surface area contributed by atoms with Gasteiger partial charge >= 0.3 is 12.0 Å². The van der Waals surface area contributed by atoms with E-state index in [4.69, 9.17) is 5.11 Å². The molecular formula is C14H18N2O3. The first-order valence-corrected chi connectivity index (χ1v) is 5.90. The molecule has 0 saturated carbocycles.